The van der Waals surface area contributed by atoms with E-state index < -0.39 is 0 Å². The van der Waals surface area contributed by atoms with E-state index >= 15 is 0 Å². The van der Waals surface area contributed by atoms with Crippen molar-refractivity contribution < 1.29 is 130 Å². The average molecular weight is 1370 g/mol. The number of rotatable bonds is 0. The molecule has 0 rings (SSSR count). The molecule has 0 radical (unpaired) electrons. The van der Waals surface area contributed by atoms with E-state index in [4.69, 9.17) is 0 Å². The van der Waals surface area contributed by atoms with E-state index in [2.05, 4.69) is 0 Å². The van der Waals surface area contributed by atoms with Crippen molar-refractivity contribution in [2.45, 2.75) is 0 Å². The summed E-state index contributed by atoms with van der Waals surface area (Å²) in [6.45, 7) is 0. The maximum atomic E-state index is 0. The Morgan fingerprint density at radius 3 is 0.174 bits per heavy atom. The van der Waals surface area contributed by atoms with Crippen molar-refractivity contribution in [2.24, 2.45) is 0 Å². The molecule has 0 aliphatic carbocycles. The van der Waals surface area contributed by atoms with Crippen molar-refractivity contribution >= 4 is 52.1 Å². The van der Waals surface area contributed by atoms with E-state index in [1.54, 1.807) is 0 Å². The summed E-state index contributed by atoms with van der Waals surface area (Å²) in [5.41, 5.74) is 0. The van der Waals surface area contributed by atoms with E-state index in [-0.39, 0.29) is 269 Å². The molecular formula is Al3N14Ta3W3. The van der Waals surface area contributed by atoms with Crippen molar-refractivity contribution in [1.82, 2.24) is 0 Å². The number of nitrogens with zero attached hydrogens (tertiary/aromatic N) is 14. The Labute approximate surface area is 264 Å². The standard InChI is InChI=1S/3Al.14N.3Ta.3W/q3*+3;14*-3;3*+5;3*+6. The van der Waals surface area contributed by atoms with Gasteiger partial charge in [-0.1, -0.05) is 0 Å². The van der Waals surface area contributed by atoms with Crippen LogP contribution in [0.4, 0.5) is 0 Å². The Morgan fingerprint density at radius 1 is 0.174 bits per heavy atom. The van der Waals surface area contributed by atoms with Gasteiger partial charge >= 0.3 is 182 Å². The average Bonchev–Trinajstić information content (AvgIpc) is 0. The Hall–Kier alpha value is 5.32. The van der Waals surface area contributed by atoms with Gasteiger partial charge in [0.1, 0.15) is 0 Å². The zero-order chi connectivity index (χ0) is 0. The molecule has 0 aliphatic heterocycles. The third-order valence-electron chi connectivity index (χ3n) is 0. The van der Waals surface area contributed by atoms with Crippen LogP contribution in [-0.4, -0.2) is 52.1 Å². The first-order valence-corrected chi connectivity index (χ1v) is 0. The molecular weight excluding hydrogens is 1370 g/mol. The molecule has 0 atom stereocenters. The molecule has 14 nitrogen and oxygen atoms in total. The zero-order valence-electron chi connectivity index (χ0n) is 10.6. The van der Waals surface area contributed by atoms with Gasteiger partial charge in [0, 0.05) is 0 Å². The second-order valence-corrected chi connectivity index (χ2v) is 0. The quantitative estimate of drug-likeness (QED) is 0.316. The summed E-state index contributed by atoms with van der Waals surface area (Å²) in [5.74, 6) is 0. The molecule has 0 aromatic rings. The fraction of sp³-hybridized carbons (Fsp3) is 0. The van der Waals surface area contributed by atoms with Gasteiger partial charge in [0.15, 0.2) is 0 Å². The predicted molar refractivity (Wildman–Crippen MR) is 64.3 cm³/mol. The van der Waals surface area contributed by atoms with Gasteiger partial charge in [-0.15, -0.1) is 0 Å². The summed E-state index contributed by atoms with van der Waals surface area (Å²) in [7, 11) is 0. The molecule has 0 fully saturated rings. The van der Waals surface area contributed by atoms with Gasteiger partial charge in [-0.25, -0.2) is 0 Å². The van der Waals surface area contributed by atoms with Crippen molar-refractivity contribution in [2.75, 3.05) is 0 Å². The largest absolute Gasteiger partial charge is 6.00 e. The molecule has 0 saturated heterocycles. The van der Waals surface area contributed by atoms with Gasteiger partial charge in [0.25, 0.3) is 0 Å². The van der Waals surface area contributed by atoms with Crippen molar-refractivity contribution in [3.8, 4) is 0 Å². The minimum absolute atomic E-state index is 0. The van der Waals surface area contributed by atoms with Crippen LogP contribution in [-0.2, 0) is 130 Å². The molecule has 0 aromatic carbocycles. The summed E-state index contributed by atoms with van der Waals surface area (Å²) in [5, 5.41) is 0. The van der Waals surface area contributed by atoms with Crippen LogP contribution in [0.1, 0.15) is 0 Å². The fourth-order valence-corrected chi connectivity index (χ4v) is 0. The molecule has 23 heavy (non-hydrogen) atoms. The molecule has 0 heterocycles. The summed E-state index contributed by atoms with van der Waals surface area (Å²) in [6.07, 6.45) is 0. The van der Waals surface area contributed by atoms with Crippen LogP contribution in [0.25, 0.3) is 86.1 Å². The first-order chi connectivity index (χ1) is 0. The topological polar surface area (TPSA) is 427 Å². The summed E-state index contributed by atoms with van der Waals surface area (Å²) >= 11 is 0. The molecule has 0 aliphatic rings. The van der Waals surface area contributed by atoms with Crippen LogP contribution in [0.3, 0.4) is 0 Å². The first kappa shape index (κ1) is 746. The monoisotopic (exact) mass is 1370 g/mol. The van der Waals surface area contributed by atoms with Gasteiger partial charge in [-0.05, 0) is 0 Å². The van der Waals surface area contributed by atoms with Crippen LogP contribution < -0.4 is 0 Å². The van der Waals surface area contributed by atoms with Crippen molar-refractivity contribution in [3.05, 3.63) is 86.1 Å². The fourth-order valence-electron chi connectivity index (χ4n) is 0. The third kappa shape index (κ3) is 618. The van der Waals surface area contributed by atoms with E-state index in [0.717, 1.165) is 0 Å². The second-order valence-electron chi connectivity index (χ2n) is 0. The van der Waals surface area contributed by atoms with Gasteiger partial charge < -0.3 is 86.1 Å². The number of hydrogen-bond donors (Lipinski definition) is 0. The van der Waals surface area contributed by atoms with Crippen LogP contribution in [0.15, 0.2) is 0 Å². The minimum atomic E-state index is 0. The van der Waals surface area contributed by atoms with Crippen molar-refractivity contribution in [1.29, 1.82) is 0 Å². The van der Waals surface area contributed by atoms with Crippen LogP contribution in [0, 0.1) is 0 Å². The van der Waals surface area contributed by atoms with E-state index in [9.17, 15) is 0 Å². The normalized spacial score (nSPS) is 0. The molecule has 112 valence electrons. The van der Waals surface area contributed by atoms with Gasteiger partial charge in [-0.2, -0.15) is 0 Å². The maximum Gasteiger partial charge on any atom is 6.00 e. The summed E-state index contributed by atoms with van der Waals surface area (Å²) in [6, 6.07) is 0. The molecule has 0 aromatic heterocycles. The van der Waals surface area contributed by atoms with Crippen LogP contribution in [0.5, 0.6) is 0 Å². The second kappa shape index (κ2) is 668. The van der Waals surface area contributed by atoms with Gasteiger partial charge in [-0.3, -0.25) is 0 Å². The molecule has 0 spiro atoms. The maximum absolute atomic E-state index is 0. The van der Waals surface area contributed by atoms with Crippen LogP contribution in [0.2, 0.25) is 0 Å². The molecule has 0 saturated carbocycles. The third-order valence-corrected chi connectivity index (χ3v) is 0. The Morgan fingerprint density at radius 2 is 0.174 bits per heavy atom. The molecule has 23 heteroatoms. The van der Waals surface area contributed by atoms with E-state index in [1.807, 2.05) is 0 Å². The van der Waals surface area contributed by atoms with Gasteiger partial charge in [0.2, 0.25) is 0 Å². The minimum Gasteiger partial charge on any atom is -3.00 e. The molecule has 0 N–H and O–H groups in total. The van der Waals surface area contributed by atoms with Gasteiger partial charge in [0.05, 0.1) is 0 Å². The Bertz CT molecular complexity index is 36.5. The molecule has 0 amide bonds. The predicted octanol–water partition coefficient (Wildman–Crippen LogP) is 2.88. The SMILES string of the molecule is [Al+3].[Al+3].[Al+3].[N-3].[N-3].[N-3].[N-3].[N-3].[N-3].[N-3].[N-3].[N-3].[N-3].[N-3].[N-3].[N-3].[N-3].[Ta+5].[Ta+5].[Ta+5].[W+6].[W+6].[W+6]. The summed E-state index contributed by atoms with van der Waals surface area (Å²) < 4.78 is 0. The molecule has 0 unspecified atom stereocenters. The molecule has 0 bridgehead atoms. The van der Waals surface area contributed by atoms with E-state index in [0.29, 0.717) is 0 Å². The Kier molecular flexibility index (Phi) is 21700. The number of hydrogen-bond acceptors (Lipinski definition) is 0. The Balaban J connectivity index is 0. The van der Waals surface area contributed by atoms with E-state index in [1.165, 1.54) is 0 Å². The van der Waals surface area contributed by atoms with Crippen molar-refractivity contribution in [3.63, 3.8) is 0 Å². The van der Waals surface area contributed by atoms with Crippen LogP contribution >= 0.6 is 0 Å². The smallest absolute Gasteiger partial charge is 3.00 e. The summed E-state index contributed by atoms with van der Waals surface area (Å²) in [4.78, 5) is 0. The first-order valence-electron chi connectivity index (χ1n) is 0. The zero-order valence-corrected chi connectivity index (χ0v) is 32.5.